The van der Waals surface area contributed by atoms with Crippen molar-refractivity contribution in [2.24, 2.45) is 0 Å². The van der Waals surface area contributed by atoms with Gasteiger partial charge in [0.15, 0.2) is 0 Å². The summed E-state index contributed by atoms with van der Waals surface area (Å²) in [4.78, 5) is 0. The van der Waals surface area contributed by atoms with Gasteiger partial charge >= 0.3 is 0 Å². The second kappa shape index (κ2) is 8.77. The van der Waals surface area contributed by atoms with E-state index in [1.807, 2.05) is 6.07 Å². The predicted molar refractivity (Wildman–Crippen MR) is 151 cm³/mol. The van der Waals surface area contributed by atoms with Crippen molar-refractivity contribution in [2.75, 3.05) is 0 Å². The van der Waals surface area contributed by atoms with Gasteiger partial charge in [0.05, 0.1) is 11.0 Å². The molecule has 35 heavy (non-hydrogen) atoms. The highest BCUT2D eigenvalue weighted by atomic mass is 15.0. The third-order valence-corrected chi connectivity index (χ3v) is 6.85. The zero-order valence-electron chi connectivity index (χ0n) is 20.1. The fourth-order valence-electron chi connectivity index (χ4n) is 5.07. The predicted octanol–water partition coefficient (Wildman–Crippen LogP) is 9.24. The maximum atomic E-state index is 2.41. The molecule has 0 bridgehead atoms. The summed E-state index contributed by atoms with van der Waals surface area (Å²) in [5.74, 6) is 0. The fraction of sp³-hybridized carbons (Fsp3) is 0.0588. The lowest BCUT2D eigenvalue weighted by atomic mass is 9.96. The van der Waals surface area contributed by atoms with Crippen molar-refractivity contribution < 1.29 is 0 Å². The van der Waals surface area contributed by atoms with E-state index in [1.165, 1.54) is 60.9 Å². The Bertz CT molecular complexity index is 1630. The zero-order chi connectivity index (χ0) is 23.8. The molecule has 1 aromatic heterocycles. The molecule has 1 heteroatoms. The maximum Gasteiger partial charge on any atom is 0.0541 e. The molecule has 0 radical (unpaired) electrons. The summed E-state index contributed by atoms with van der Waals surface area (Å²) in [6.45, 7) is 4.44. The van der Waals surface area contributed by atoms with E-state index in [-0.39, 0.29) is 0 Å². The Morgan fingerprint density at radius 1 is 0.514 bits per heavy atom. The van der Waals surface area contributed by atoms with E-state index in [9.17, 15) is 0 Å². The van der Waals surface area contributed by atoms with Crippen LogP contribution in [0.3, 0.4) is 0 Å². The summed E-state index contributed by atoms with van der Waals surface area (Å²) in [5.41, 5.74) is 11.2. The van der Waals surface area contributed by atoms with Crippen molar-refractivity contribution >= 4 is 34.0 Å². The van der Waals surface area contributed by atoms with Crippen molar-refractivity contribution in [3.8, 4) is 16.8 Å². The molecule has 0 aliphatic carbocycles. The molecule has 1 heterocycles. The van der Waals surface area contributed by atoms with Crippen molar-refractivity contribution in [2.45, 2.75) is 13.8 Å². The van der Waals surface area contributed by atoms with Crippen LogP contribution in [0.4, 0.5) is 0 Å². The smallest absolute Gasteiger partial charge is 0.0541 e. The first kappa shape index (κ1) is 21.2. The van der Waals surface area contributed by atoms with Gasteiger partial charge in [-0.1, -0.05) is 103 Å². The average molecular weight is 450 g/mol. The first-order chi connectivity index (χ1) is 17.2. The molecule has 6 rings (SSSR count). The third-order valence-electron chi connectivity index (χ3n) is 6.85. The Morgan fingerprint density at radius 2 is 1.06 bits per heavy atom. The first-order valence-electron chi connectivity index (χ1n) is 12.1. The second-order valence-electron chi connectivity index (χ2n) is 9.19. The SMILES string of the molecule is Cc1cc(-n2c3ccccc3c3ccccc32)c(C)cc1-c1ccc(/C=C/c2ccccc2)cc1. The normalized spacial score (nSPS) is 11.6. The summed E-state index contributed by atoms with van der Waals surface area (Å²) in [7, 11) is 0. The Morgan fingerprint density at radius 3 is 1.69 bits per heavy atom. The van der Waals surface area contributed by atoms with Gasteiger partial charge in [0, 0.05) is 16.5 Å². The van der Waals surface area contributed by atoms with Crippen molar-refractivity contribution in [1.82, 2.24) is 4.57 Å². The topological polar surface area (TPSA) is 4.93 Å². The Labute approximate surface area is 206 Å². The molecular weight excluding hydrogens is 422 g/mol. The highest BCUT2D eigenvalue weighted by molar-refractivity contribution is 6.09. The molecule has 1 nitrogen and oxygen atoms in total. The zero-order valence-corrected chi connectivity index (χ0v) is 20.1. The molecule has 0 unspecified atom stereocenters. The number of rotatable bonds is 4. The monoisotopic (exact) mass is 449 g/mol. The van der Waals surface area contributed by atoms with Gasteiger partial charge in [0.2, 0.25) is 0 Å². The van der Waals surface area contributed by atoms with E-state index in [1.54, 1.807) is 0 Å². The van der Waals surface area contributed by atoms with Gasteiger partial charge < -0.3 is 4.57 Å². The molecular formula is C34H27N. The van der Waals surface area contributed by atoms with Crippen molar-refractivity contribution in [3.63, 3.8) is 0 Å². The highest BCUT2D eigenvalue weighted by Gasteiger charge is 2.14. The van der Waals surface area contributed by atoms with Gasteiger partial charge in [-0.25, -0.2) is 0 Å². The molecule has 168 valence electrons. The van der Waals surface area contributed by atoms with E-state index in [2.05, 4.69) is 140 Å². The van der Waals surface area contributed by atoms with Crippen molar-refractivity contribution in [3.05, 3.63) is 138 Å². The van der Waals surface area contributed by atoms with Crippen LogP contribution in [0, 0.1) is 13.8 Å². The number of nitrogens with zero attached hydrogens (tertiary/aromatic N) is 1. The molecule has 0 aliphatic heterocycles. The van der Waals surface area contributed by atoms with Crippen LogP contribution in [0.15, 0.2) is 115 Å². The largest absolute Gasteiger partial charge is 0.309 e. The van der Waals surface area contributed by atoms with E-state index in [0.717, 1.165) is 0 Å². The summed E-state index contributed by atoms with van der Waals surface area (Å²) >= 11 is 0. The van der Waals surface area contributed by atoms with Gasteiger partial charge in [-0.05, 0) is 71.5 Å². The van der Waals surface area contributed by atoms with Gasteiger partial charge in [-0.3, -0.25) is 0 Å². The van der Waals surface area contributed by atoms with E-state index < -0.39 is 0 Å². The van der Waals surface area contributed by atoms with Crippen LogP contribution in [-0.4, -0.2) is 4.57 Å². The third kappa shape index (κ3) is 3.86. The minimum Gasteiger partial charge on any atom is -0.309 e. The molecule has 0 spiro atoms. The standard InChI is InChI=1S/C34H27N/c1-24-23-34(35-32-14-8-6-12-29(32)30-13-7-9-15-33(30)35)25(2)22-31(24)28-20-18-27(19-21-28)17-16-26-10-4-3-5-11-26/h3-23H,1-2H3/b17-16+. The summed E-state index contributed by atoms with van der Waals surface area (Å²) < 4.78 is 2.41. The number of benzene rings is 5. The number of aromatic nitrogens is 1. The first-order valence-corrected chi connectivity index (χ1v) is 12.1. The lowest BCUT2D eigenvalue weighted by molar-refractivity contribution is 1.14. The molecule has 0 saturated carbocycles. The van der Waals surface area contributed by atoms with Gasteiger partial charge in [-0.2, -0.15) is 0 Å². The molecule has 0 fully saturated rings. The van der Waals surface area contributed by atoms with Crippen LogP contribution < -0.4 is 0 Å². The second-order valence-corrected chi connectivity index (χ2v) is 9.19. The van der Waals surface area contributed by atoms with Crippen LogP contribution in [0.25, 0.3) is 50.8 Å². The maximum absolute atomic E-state index is 2.41. The van der Waals surface area contributed by atoms with Gasteiger partial charge in [0.1, 0.15) is 0 Å². The summed E-state index contributed by atoms with van der Waals surface area (Å²) in [6, 6.07) is 41.3. The van der Waals surface area contributed by atoms with E-state index in [0.29, 0.717) is 0 Å². The molecule has 6 aromatic rings. The van der Waals surface area contributed by atoms with E-state index in [4.69, 9.17) is 0 Å². The number of aryl methyl sites for hydroxylation is 2. The number of fused-ring (bicyclic) bond motifs is 3. The van der Waals surface area contributed by atoms with Gasteiger partial charge in [-0.15, -0.1) is 0 Å². The molecule has 0 saturated heterocycles. The van der Waals surface area contributed by atoms with Crippen molar-refractivity contribution in [1.29, 1.82) is 0 Å². The molecule has 0 amide bonds. The minimum atomic E-state index is 1.20. The molecule has 5 aromatic carbocycles. The Kier molecular flexibility index (Phi) is 5.31. The van der Waals surface area contributed by atoms with Gasteiger partial charge in [0.25, 0.3) is 0 Å². The molecule has 0 atom stereocenters. The fourth-order valence-corrected chi connectivity index (χ4v) is 5.07. The van der Waals surface area contributed by atoms with Crippen LogP contribution in [0.1, 0.15) is 22.3 Å². The number of hydrogen-bond donors (Lipinski definition) is 0. The Balaban J connectivity index is 1.39. The van der Waals surface area contributed by atoms with Crippen LogP contribution >= 0.6 is 0 Å². The highest BCUT2D eigenvalue weighted by Crippen LogP contribution is 2.35. The molecule has 0 N–H and O–H groups in total. The Hall–Kier alpha value is -4.36. The summed E-state index contributed by atoms with van der Waals surface area (Å²) in [5, 5.41) is 2.59. The number of hydrogen-bond acceptors (Lipinski definition) is 0. The van der Waals surface area contributed by atoms with Crippen LogP contribution in [0.5, 0.6) is 0 Å². The number of para-hydroxylation sites is 2. The average Bonchev–Trinajstić information content (AvgIpc) is 3.24. The quantitative estimate of drug-likeness (QED) is 0.236. The van der Waals surface area contributed by atoms with Crippen LogP contribution in [-0.2, 0) is 0 Å². The lowest BCUT2D eigenvalue weighted by Crippen LogP contribution is -1.99. The van der Waals surface area contributed by atoms with E-state index >= 15 is 0 Å². The molecule has 0 aliphatic rings. The summed E-state index contributed by atoms with van der Waals surface area (Å²) in [6.07, 6.45) is 4.33. The van der Waals surface area contributed by atoms with Crippen LogP contribution in [0.2, 0.25) is 0 Å². The lowest BCUT2D eigenvalue weighted by Gasteiger charge is -2.16. The minimum absolute atomic E-state index is 1.20.